The van der Waals surface area contributed by atoms with Crippen LogP contribution in [0.1, 0.15) is 37.6 Å². The average molecular weight is 388 g/mol. The van der Waals surface area contributed by atoms with E-state index in [4.69, 9.17) is 23.2 Å². The molecular formula is C17H23Cl2N3O3. The molecule has 0 aliphatic heterocycles. The second-order valence-electron chi connectivity index (χ2n) is 5.89. The first-order valence-corrected chi connectivity index (χ1v) is 8.82. The van der Waals surface area contributed by atoms with Crippen molar-refractivity contribution in [2.75, 3.05) is 13.1 Å². The van der Waals surface area contributed by atoms with Gasteiger partial charge in [-0.3, -0.25) is 14.4 Å². The van der Waals surface area contributed by atoms with Crippen LogP contribution in [0.5, 0.6) is 0 Å². The Hall–Kier alpha value is -1.79. The van der Waals surface area contributed by atoms with Crippen LogP contribution in [0.15, 0.2) is 18.2 Å². The van der Waals surface area contributed by atoms with Crippen LogP contribution in [0.2, 0.25) is 10.0 Å². The quantitative estimate of drug-likeness (QED) is 0.639. The van der Waals surface area contributed by atoms with Gasteiger partial charge in [0.25, 0.3) is 5.91 Å². The number of hydrogen-bond acceptors (Lipinski definition) is 3. The van der Waals surface area contributed by atoms with Crippen LogP contribution in [0.4, 0.5) is 0 Å². The van der Waals surface area contributed by atoms with Crippen molar-refractivity contribution in [1.82, 2.24) is 16.0 Å². The Morgan fingerprint density at radius 2 is 1.80 bits per heavy atom. The van der Waals surface area contributed by atoms with Crippen molar-refractivity contribution >= 4 is 40.9 Å². The fourth-order valence-corrected chi connectivity index (χ4v) is 2.53. The highest BCUT2D eigenvalue weighted by molar-refractivity contribution is 6.36. The maximum Gasteiger partial charge on any atom is 0.253 e. The van der Waals surface area contributed by atoms with E-state index in [-0.39, 0.29) is 29.0 Å². The number of carbonyl (C=O) groups excluding carboxylic acids is 3. The maximum absolute atomic E-state index is 12.4. The predicted molar refractivity (Wildman–Crippen MR) is 98.9 cm³/mol. The van der Waals surface area contributed by atoms with Crippen LogP contribution in [0.25, 0.3) is 0 Å². The molecule has 6 nitrogen and oxygen atoms in total. The summed E-state index contributed by atoms with van der Waals surface area (Å²) in [7, 11) is 0. The lowest BCUT2D eigenvalue weighted by Crippen LogP contribution is -2.51. The molecule has 0 aromatic heterocycles. The Bertz CT molecular complexity index is 636. The van der Waals surface area contributed by atoms with Crippen molar-refractivity contribution in [1.29, 1.82) is 0 Å². The number of amides is 3. The molecule has 1 rings (SSSR count). The average Bonchev–Trinajstić information content (AvgIpc) is 2.55. The third kappa shape index (κ3) is 6.92. The highest BCUT2D eigenvalue weighted by Gasteiger charge is 2.25. The zero-order valence-corrected chi connectivity index (χ0v) is 16.0. The fourth-order valence-electron chi connectivity index (χ4n) is 2.03. The van der Waals surface area contributed by atoms with Crippen molar-refractivity contribution in [2.45, 2.75) is 33.2 Å². The van der Waals surface area contributed by atoms with Crippen LogP contribution >= 0.6 is 23.2 Å². The molecule has 0 heterocycles. The number of halogens is 2. The summed E-state index contributed by atoms with van der Waals surface area (Å²) in [5.74, 6) is -1.36. The fraction of sp³-hybridized carbons (Fsp3) is 0.471. The molecular weight excluding hydrogens is 365 g/mol. The zero-order valence-electron chi connectivity index (χ0n) is 14.5. The standard InChI is InChI=1S/C17H23Cl2N3O3/c1-4-7-20-14(23)9-21-17(25)15(10(2)3)22-16(24)12-6-5-11(18)8-13(12)19/h5-6,8,10,15H,4,7,9H2,1-3H3,(H,20,23)(H,21,25)(H,22,24)/t15-/m0/s1. The highest BCUT2D eigenvalue weighted by Crippen LogP contribution is 2.21. The summed E-state index contributed by atoms with van der Waals surface area (Å²) in [6.07, 6.45) is 0.812. The molecule has 0 saturated carbocycles. The number of benzene rings is 1. The van der Waals surface area contributed by atoms with Gasteiger partial charge in [0.15, 0.2) is 0 Å². The van der Waals surface area contributed by atoms with Gasteiger partial charge in [-0.15, -0.1) is 0 Å². The van der Waals surface area contributed by atoms with Gasteiger partial charge in [0.2, 0.25) is 11.8 Å². The van der Waals surface area contributed by atoms with E-state index in [9.17, 15) is 14.4 Å². The van der Waals surface area contributed by atoms with Crippen LogP contribution in [-0.2, 0) is 9.59 Å². The minimum Gasteiger partial charge on any atom is -0.355 e. The van der Waals surface area contributed by atoms with E-state index in [1.54, 1.807) is 19.9 Å². The molecule has 0 bridgehead atoms. The molecule has 0 unspecified atom stereocenters. The Kier molecular flexibility index (Phi) is 8.72. The predicted octanol–water partition coefficient (Wildman–Crippen LogP) is 2.39. The van der Waals surface area contributed by atoms with Gasteiger partial charge in [-0.2, -0.15) is 0 Å². The van der Waals surface area contributed by atoms with Crippen molar-refractivity contribution in [3.05, 3.63) is 33.8 Å². The third-order valence-corrected chi connectivity index (χ3v) is 3.95. The lowest BCUT2D eigenvalue weighted by molar-refractivity contribution is -0.127. The Balaban J connectivity index is 2.71. The van der Waals surface area contributed by atoms with Gasteiger partial charge in [-0.05, 0) is 30.5 Å². The van der Waals surface area contributed by atoms with E-state index < -0.39 is 17.9 Å². The van der Waals surface area contributed by atoms with Crippen LogP contribution in [0, 0.1) is 5.92 Å². The van der Waals surface area contributed by atoms with Crippen molar-refractivity contribution in [3.8, 4) is 0 Å². The first-order valence-electron chi connectivity index (χ1n) is 8.06. The summed E-state index contributed by atoms with van der Waals surface area (Å²) < 4.78 is 0. The molecule has 25 heavy (non-hydrogen) atoms. The van der Waals surface area contributed by atoms with Gasteiger partial charge in [0.05, 0.1) is 17.1 Å². The Morgan fingerprint density at radius 3 is 2.36 bits per heavy atom. The van der Waals surface area contributed by atoms with Crippen LogP contribution < -0.4 is 16.0 Å². The molecule has 0 spiro atoms. The van der Waals surface area contributed by atoms with E-state index in [2.05, 4.69) is 16.0 Å². The second kappa shape index (κ2) is 10.3. The first-order chi connectivity index (χ1) is 11.8. The number of rotatable bonds is 8. The Labute approximate surface area is 157 Å². The molecule has 138 valence electrons. The van der Waals surface area contributed by atoms with E-state index in [1.807, 2.05) is 6.92 Å². The van der Waals surface area contributed by atoms with Crippen molar-refractivity contribution in [3.63, 3.8) is 0 Å². The molecule has 1 atom stereocenters. The molecule has 3 N–H and O–H groups in total. The van der Waals surface area contributed by atoms with Gasteiger partial charge in [-0.25, -0.2) is 0 Å². The van der Waals surface area contributed by atoms with Gasteiger partial charge in [0.1, 0.15) is 6.04 Å². The Morgan fingerprint density at radius 1 is 1.12 bits per heavy atom. The lowest BCUT2D eigenvalue weighted by Gasteiger charge is -2.22. The minimum atomic E-state index is -0.793. The molecule has 8 heteroatoms. The molecule has 0 fully saturated rings. The molecule has 0 aliphatic carbocycles. The van der Waals surface area contributed by atoms with Crippen molar-refractivity contribution in [2.24, 2.45) is 5.92 Å². The summed E-state index contributed by atoms with van der Waals surface area (Å²) in [6.45, 7) is 5.94. The van der Waals surface area contributed by atoms with Gasteiger partial charge in [-0.1, -0.05) is 44.0 Å². The van der Waals surface area contributed by atoms with Gasteiger partial charge < -0.3 is 16.0 Å². The summed E-state index contributed by atoms with van der Waals surface area (Å²) in [5.41, 5.74) is 0.227. The molecule has 0 saturated heterocycles. The summed E-state index contributed by atoms with van der Waals surface area (Å²) in [5, 5.41) is 8.46. The minimum absolute atomic E-state index is 0.139. The van der Waals surface area contributed by atoms with E-state index in [1.165, 1.54) is 12.1 Å². The lowest BCUT2D eigenvalue weighted by atomic mass is 10.0. The molecule has 0 aliphatic rings. The number of hydrogen-bond donors (Lipinski definition) is 3. The first kappa shape index (κ1) is 21.3. The van der Waals surface area contributed by atoms with Crippen LogP contribution in [0.3, 0.4) is 0 Å². The molecule has 0 radical (unpaired) electrons. The van der Waals surface area contributed by atoms with E-state index in [0.717, 1.165) is 6.42 Å². The normalized spacial score (nSPS) is 11.8. The second-order valence-corrected chi connectivity index (χ2v) is 6.73. The van der Waals surface area contributed by atoms with Crippen molar-refractivity contribution < 1.29 is 14.4 Å². The maximum atomic E-state index is 12.4. The van der Waals surface area contributed by atoms with Gasteiger partial charge >= 0.3 is 0 Å². The topological polar surface area (TPSA) is 87.3 Å². The monoisotopic (exact) mass is 387 g/mol. The van der Waals surface area contributed by atoms with Gasteiger partial charge in [0, 0.05) is 11.6 Å². The third-order valence-electron chi connectivity index (χ3n) is 3.41. The van der Waals surface area contributed by atoms with E-state index in [0.29, 0.717) is 11.6 Å². The van der Waals surface area contributed by atoms with Crippen LogP contribution in [-0.4, -0.2) is 36.9 Å². The number of carbonyl (C=O) groups is 3. The highest BCUT2D eigenvalue weighted by atomic mass is 35.5. The molecule has 3 amide bonds. The molecule has 1 aromatic carbocycles. The smallest absolute Gasteiger partial charge is 0.253 e. The largest absolute Gasteiger partial charge is 0.355 e. The summed E-state index contributed by atoms with van der Waals surface area (Å²) in [6, 6.07) is 3.71. The molecule has 1 aromatic rings. The van der Waals surface area contributed by atoms with E-state index >= 15 is 0 Å². The summed E-state index contributed by atoms with van der Waals surface area (Å²) in [4.78, 5) is 36.3. The SMILES string of the molecule is CCCNC(=O)CNC(=O)[C@@H](NC(=O)c1ccc(Cl)cc1Cl)C(C)C. The summed E-state index contributed by atoms with van der Waals surface area (Å²) >= 11 is 11.8. The zero-order chi connectivity index (χ0) is 19.0. The number of nitrogens with one attached hydrogen (secondary N) is 3.